The molecule has 0 spiro atoms. The molecule has 0 fully saturated rings. The molecule has 0 radical (unpaired) electrons. The van der Waals surface area contributed by atoms with Crippen LogP contribution in [-0.2, 0) is 13.1 Å². The van der Waals surface area contributed by atoms with Crippen LogP contribution in [0.5, 0.6) is 0 Å². The summed E-state index contributed by atoms with van der Waals surface area (Å²) >= 11 is 3.20. The van der Waals surface area contributed by atoms with Crippen LogP contribution in [0.4, 0.5) is 5.69 Å². The normalized spacial score (nSPS) is 10.6. The summed E-state index contributed by atoms with van der Waals surface area (Å²) < 4.78 is 3.70. The van der Waals surface area contributed by atoms with Crippen LogP contribution in [0.25, 0.3) is 0 Å². The number of hydrogen-bond acceptors (Lipinski definition) is 3. The van der Waals surface area contributed by atoms with Gasteiger partial charge in [-0.1, -0.05) is 0 Å². The summed E-state index contributed by atoms with van der Waals surface area (Å²) in [5.74, 6) is 0. The Morgan fingerprint density at radius 2 is 1.84 bits per heavy atom. The van der Waals surface area contributed by atoms with Crippen molar-refractivity contribution < 1.29 is 0 Å². The van der Waals surface area contributed by atoms with Gasteiger partial charge in [0.2, 0.25) is 0 Å². The molecule has 0 unspecified atom stereocenters. The van der Waals surface area contributed by atoms with Crippen LogP contribution >= 0.6 is 15.9 Å². The second-order valence-electron chi connectivity index (χ2n) is 4.20. The molecule has 0 aliphatic heterocycles. The van der Waals surface area contributed by atoms with Crippen LogP contribution in [0.2, 0.25) is 0 Å². The molecule has 2 aromatic heterocycles. The number of halogens is 1. The highest BCUT2D eigenvalue weighted by molar-refractivity contribution is 9.10. The van der Waals surface area contributed by atoms with Crippen molar-refractivity contribution in [2.45, 2.75) is 19.5 Å². The lowest BCUT2D eigenvalue weighted by Crippen LogP contribution is -2.23. The predicted octanol–water partition coefficient (Wildman–Crippen LogP) is 1.44. The van der Waals surface area contributed by atoms with E-state index >= 15 is 0 Å². The maximum atomic E-state index is 11.8. The number of hydrogen-bond donors (Lipinski definition) is 1. The highest BCUT2D eigenvalue weighted by Crippen LogP contribution is 2.02. The average molecular weight is 324 g/mol. The van der Waals surface area contributed by atoms with E-state index in [2.05, 4.69) is 15.9 Å². The molecule has 0 saturated carbocycles. The highest BCUT2D eigenvalue weighted by atomic mass is 79.9. The van der Waals surface area contributed by atoms with Gasteiger partial charge in [0.15, 0.2) is 0 Å². The van der Waals surface area contributed by atoms with Crippen LogP contribution in [-0.4, -0.2) is 9.13 Å². The molecule has 0 amide bonds. The largest absolute Gasteiger partial charge is 0.398 e. The standard InChI is InChI=1S/C13H14BrN3O2/c14-11-3-1-6-16(13(11)19)7-2-8-17-9-10(15)4-5-12(17)18/h1,3-6,9H,2,7-8,15H2. The molecule has 0 bridgehead atoms. The molecule has 2 N–H and O–H groups in total. The Labute approximate surface area is 118 Å². The lowest BCUT2D eigenvalue weighted by atomic mass is 10.3. The zero-order valence-electron chi connectivity index (χ0n) is 10.3. The Bertz CT molecular complexity index is 689. The Morgan fingerprint density at radius 3 is 2.63 bits per heavy atom. The minimum Gasteiger partial charge on any atom is -0.398 e. The number of nitrogens with zero attached hydrogens (tertiary/aromatic N) is 2. The maximum absolute atomic E-state index is 11.8. The van der Waals surface area contributed by atoms with E-state index in [1.54, 1.807) is 39.7 Å². The molecule has 5 nitrogen and oxygen atoms in total. The second kappa shape index (κ2) is 5.88. The second-order valence-corrected chi connectivity index (χ2v) is 5.06. The molecule has 2 heterocycles. The first kappa shape index (κ1) is 13.6. The number of aromatic nitrogens is 2. The SMILES string of the molecule is Nc1ccc(=O)n(CCCn2cccc(Br)c2=O)c1. The van der Waals surface area contributed by atoms with Crippen molar-refractivity contribution in [3.8, 4) is 0 Å². The molecule has 6 heteroatoms. The Morgan fingerprint density at radius 1 is 1.11 bits per heavy atom. The summed E-state index contributed by atoms with van der Waals surface area (Å²) in [6, 6.07) is 6.54. The van der Waals surface area contributed by atoms with Crippen LogP contribution in [0.15, 0.2) is 50.7 Å². The summed E-state index contributed by atoms with van der Waals surface area (Å²) in [7, 11) is 0. The van der Waals surface area contributed by atoms with E-state index in [4.69, 9.17) is 5.73 Å². The van der Waals surface area contributed by atoms with Crippen molar-refractivity contribution in [3.05, 3.63) is 61.8 Å². The molecule has 100 valence electrons. The van der Waals surface area contributed by atoms with Gasteiger partial charge in [0.25, 0.3) is 11.1 Å². The lowest BCUT2D eigenvalue weighted by molar-refractivity contribution is 0.543. The van der Waals surface area contributed by atoms with Gasteiger partial charge in [0.1, 0.15) is 0 Å². The number of rotatable bonds is 4. The third-order valence-corrected chi connectivity index (χ3v) is 3.38. The first-order valence-electron chi connectivity index (χ1n) is 5.89. The number of nitrogen functional groups attached to an aromatic ring is 1. The molecular formula is C13H14BrN3O2. The minimum absolute atomic E-state index is 0.0672. The average Bonchev–Trinajstić information content (AvgIpc) is 2.38. The summed E-state index contributed by atoms with van der Waals surface area (Å²) in [4.78, 5) is 23.3. The van der Waals surface area contributed by atoms with Crippen molar-refractivity contribution in [1.29, 1.82) is 0 Å². The molecular weight excluding hydrogens is 310 g/mol. The van der Waals surface area contributed by atoms with Crippen LogP contribution in [0.1, 0.15) is 6.42 Å². The first-order valence-corrected chi connectivity index (χ1v) is 6.68. The van der Waals surface area contributed by atoms with Crippen molar-refractivity contribution in [2.75, 3.05) is 5.73 Å². The topological polar surface area (TPSA) is 70.0 Å². The summed E-state index contributed by atoms with van der Waals surface area (Å²) in [6.07, 6.45) is 4.03. The van der Waals surface area contributed by atoms with E-state index in [1.807, 2.05) is 0 Å². The van der Waals surface area contributed by atoms with Crippen LogP contribution < -0.4 is 16.9 Å². The summed E-state index contributed by atoms with van der Waals surface area (Å²) in [5, 5.41) is 0. The van der Waals surface area contributed by atoms with E-state index in [9.17, 15) is 9.59 Å². The number of pyridine rings is 2. The van der Waals surface area contributed by atoms with Gasteiger partial charge < -0.3 is 14.9 Å². The summed E-state index contributed by atoms with van der Waals surface area (Å²) in [5.41, 5.74) is 6.03. The molecule has 2 aromatic rings. The van der Waals surface area contributed by atoms with Crippen molar-refractivity contribution in [2.24, 2.45) is 0 Å². The molecule has 0 aliphatic carbocycles. The molecule has 19 heavy (non-hydrogen) atoms. The smallest absolute Gasteiger partial charge is 0.264 e. The fraction of sp³-hybridized carbons (Fsp3) is 0.231. The first-order chi connectivity index (χ1) is 9.08. The Hall–Kier alpha value is -1.82. The van der Waals surface area contributed by atoms with Gasteiger partial charge in [-0.25, -0.2) is 0 Å². The van der Waals surface area contributed by atoms with Gasteiger partial charge in [-0.05, 0) is 40.5 Å². The van der Waals surface area contributed by atoms with E-state index < -0.39 is 0 Å². The molecule has 0 aliphatic rings. The van der Waals surface area contributed by atoms with E-state index in [0.717, 1.165) is 0 Å². The third-order valence-electron chi connectivity index (χ3n) is 2.78. The highest BCUT2D eigenvalue weighted by Gasteiger charge is 2.01. The van der Waals surface area contributed by atoms with Crippen LogP contribution in [0.3, 0.4) is 0 Å². The third kappa shape index (κ3) is 3.35. The van der Waals surface area contributed by atoms with Gasteiger partial charge in [0.05, 0.1) is 4.47 Å². The minimum atomic E-state index is -0.0872. The number of nitrogens with two attached hydrogens (primary N) is 1. The molecule has 0 aromatic carbocycles. The summed E-state index contributed by atoms with van der Waals surface area (Å²) in [6.45, 7) is 1.09. The predicted molar refractivity (Wildman–Crippen MR) is 78.1 cm³/mol. The molecule has 0 atom stereocenters. The Balaban J connectivity index is 2.04. The van der Waals surface area contributed by atoms with E-state index in [-0.39, 0.29) is 11.1 Å². The van der Waals surface area contributed by atoms with Crippen molar-refractivity contribution in [1.82, 2.24) is 9.13 Å². The van der Waals surface area contributed by atoms with E-state index in [1.165, 1.54) is 6.07 Å². The zero-order chi connectivity index (χ0) is 13.8. The lowest BCUT2D eigenvalue weighted by Gasteiger charge is -2.08. The maximum Gasteiger partial charge on any atom is 0.264 e. The van der Waals surface area contributed by atoms with Crippen molar-refractivity contribution in [3.63, 3.8) is 0 Å². The number of anilines is 1. The van der Waals surface area contributed by atoms with Gasteiger partial charge in [-0.15, -0.1) is 0 Å². The number of aryl methyl sites for hydroxylation is 2. The molecule has 0 saturated heterocycles. The van der Waals surface area contributed by atoms with Gasteiger partial charge in [-0.2, -0.15) is 0 Å². The quantitative estimate of drug-likeness (QED) is 0.925. The van der Waals surface area contributed by atoms with Crippen molar-refractivity contribution >= 4 is 21.6 Å². The monoisotopic (exact) mass is 323 g/mol. The van der Waals surface area contributed by atoms with Gasteiger partial charge in [0, 0.05) is 37.2 Å². The molecule has 2 rings (SSSR count). The van der Waals surface area contributed by atoms with Gasteiger partial charge >= 0.3 is 0 Å². The Kier molecular flexibility index (Phi) is 4.21. The van der Waals surface area contributed by atoms with E-state index in [0.29, 0.717) is 29.7 Å². The zero-order valence-corrected chi connectivity index (χ0v) is 11.8. The van der Waals surface area contributed by atoms with Crippen LogP contribution in [0, 0.1) is 0 Å². The fourth-order valence-corrected chi connectivity index (χ4v) is 2.20. The van der Waals surface area contributed by atoms with Gasteiger partial charge in [-0.3, -0.25) is 9.59 Å². The fourth-order valence-electron chi connectivity index (χ4n) is 1.82.